The number of aliphatic hydroxyl groups excluding tert-OH is 3. The van der Waals surface area contributed by atoms with Crippen molar-refractivity contribution < 1.29 is 54.0 Å². The summed E-state index contributed by atoms with van der Waals surface area (Å²) in [6.07, 6.45) is -5.92. The lowest BCUT2D eigenvalue weighted by Crippen LogP contribution is -2.54. The van der Waals surface area contributed by atoms with E-state index in [1.165, 1.54) is 26.4 Å². The molecule has 3 aromatic rings. The Kier molecular flexibility index (Phi) is 6.15. The van der Waals surface area contributed by atoms with Gasteiger partial charge >= 0.3 is 0 Å². The maximum absolute atomic E-state index is 13.0. The molecule has 2 aromatic carbocycles. The topological polar surface area (TPSA) is 189 Å². The highest BCUT2D eigenvalue weighted by molar-refractivity contribution is 5.88. The quantitative estimate of drug-likeness (QED) is 0.297. The van der Waals surface area contributed by atoms with Crippen LogP contribution in [0.3, 0.4) is 0 Å². The Bertz CT molecular complexity index is 1280. The van der Waals surface area contributed by atoms with Crippen molar-refractivity contribution in [1.82, 2.24) is 0 Å². The average molecular weight is 478 g/mol. The van der Waals surface area contributed by atoms with E-state index in [0.717, 1.165) is 12.1 Å². The summed E-state index contributed by atoms with van der Waals surface area (Å²) in [5.41, 5.74) is -0.825. The molecule has 0 radical (unpaired) electrons. The first-order valence-electron chi connectivity index (χ1n) is 9.96. The van der Waals surface area contributed by atoms with E-state index in [2.05, 4.69) is 0 Å². The molecule has 1 fully saturated rings. The van der Waals surface area contributed by atoms with Crippen molar-refractivity contribution in [2.24, 2.45) is 0 Å². The van der Waals surface area contributed by atoms with Gasteiger partial charge < -0.3 is 54.0 Å². The predicted molar refractivity (Wildman–Crippen MR) is 114 cm³/mol. The van der Waals surface area contributed by atoms with Gasteiger partial charge in [0.15, 0.2) is 17.3 Å². The van der Waals surface area contributed by atoms with Crippen LogP contribution >= 0.6 is 0 Å². The zero-order valence-corrected chi connectivity index (χ0v) is 18.0. The van der Waals surface area contributed by atoms with Gasteiger partial charge in [-0.05, 0) is 12.1 Å². The van der Waals surface area contributed by atoms with Crippen LogP contribution in [0, 0.1) is 0 Å². The van der Waals surface area contributed by atoms with Crippen molar-refractivity contribution in [3.63, 3.8) is 0 Å². The van der Waals surface area contributed by atoms with Crippen molar-refractivity contribution in [1.29, 1.82) is 0 Å². The van der Waals surface area contributed by atoms with E-state index in [4.69, 9.17) is 23.4 Å². The fourth-order valence-corrected chi connectivity index (χ4v) is 3.66. The fraction of sp³-hybridized carbons (Fsp3) is 0.318. The summed E-state index contributed by atoms with van der Waals surface area (Å²) in [6.45, 7) is -0.322. The van der Waals surface area contributed by atoms with Crippen LogP contribution in [-0.4, -0.2) is 76.1 Å². The van der Waals surface area contributed by atoms with Gasteiger partial charge in [-0.2, -0.15) is 0 Å². The third-order valence-electron chi connectivity index (χ3n) is 5.32. The molecule has 4 atom stereocenters. The minimum Gasteiger partial charge on any atom is -0.508 e. The maximum Gasteiger partial charge on any atom is 0.239 e. The standard InChI is InChI=1S/C22H22O12/c1-30-20-11(25)3-8(4-14(20)34-22-18(29)16(27)12(26)7-32-22)19-21(31-2)17(28)15-10(24)5-9(23)6-13(15)33-19/h3-6,12,16,18,22-27,29H,7H2,1-2H3. The number of aromatic hydroxyl groups is 3. The minimum absolute atomic E-state index is 0.0675. The van der Waals surface area contributed by atoms with Gasteiger partial charge in [-0.1, -0.05) is 0 Å². The largest absolute Gasteiger partial charge is 0.508 e. The molecule has 6 N–H and O–H groups in total. The molecule has 34 heavy (non-hydrogen) atoms. The number of rotatable bonds is 5. The first-order valence-corrected chi connectivity index (χ1v) is 9.96. The van der Waals surface area contributed by atoms with E-state index in [-0.39, 0.29) is 51.9 Å². The van der Waals surface area contributed by atoms with E-state index in [0.29, 0.717) is 0 Å². The number of methoxy groups -OCH3 is 2. The van der Waals surface area contributed by atoms with Crippen LogP contribution in [0.25, 0.3) is 22.3 Å². The van der Waals surface area contributed by atoms with Gasteiger partial charge in [0.1, 0.15) is 40.8 Å². The van der Waals surface area contributed by atoms with Crippen LogP contribution in [0.2, 0.25) is 0 Å². The smallest absolute Gasteiger partial charge is 0.239 e. The average Bonchev–Trinajstić information content (AvgIpc) is 2.78. The number of phenolic OH excluding ortho intramolecular Hbond substituents is 3. The fourth-order valence-electron chi connectivity index (χ4n) is 3.66. The lowest BCUT2D eigenvalue weighted by Gasteiger charge is -2.35. The molecule has 1 saturated heterocycles. The van der Waals surface area contributed by atoms with Gasteiger partial charge in [-0.3, -0.25) is 4.79 Å². The summed E-state index contributed by atoms with van der Waals surface area (Å²) in [5, 5.41) is 59.9. The second kappa shape index (κ2) is 8.91. The lowest BCUT2D eigenvalue weighted by molar-refractivity contribution is -0.242. The highest BCUT2D eigenvalue weighted by Crippen LogP contribution is 2.44. The molecule has 4 unspecified atom stereocenters. The second-order valence-corrected chi connectivity index (χ2v) is 7.53. The second-order valence-electron chi connectivity index (χ2n) is 7.53. The molecule has 182 valence electrons. The van der Waals surface area contributed by atoms with Gasteiger partial charge in [0.25, 0.3) is 0 Å². The van der Waals surface area contributed by atoms with Crippen molar-refractivity contribution >= 4 is 11.0 Å². The molecule has 12 heteroatoms. The molecule has 0 saturated carbocycles. The molecule has 4 rings (SSSR count). The number of fused-ring (bicyclic) bond motifs is 1. The molecule has 1 aromatic heterocycles. The number of benzene rings is 2. The number of hydrogen-bond donors (Lipinski definition) is 6. The molecular formula is C22H22O12. The van der Waals surface area contributed by atoms with Gasteiger partial charge in [0.2, 0.25) is 23.2 Å². The van der Waals surface area contributed by atoms with Gasteiger partial charge in [-0.15, -0.1) is 0 Å². The van der Waals surface area contributed by atoms with Crippen molar-refractivity contribution in [3.05, 3.63) is 34.5 Å². The van der Waals surface area contributed by atoms with Crippen LogP contribution in [0.5, 0.6) is 34.5 Å². The monoisotopic (exact) mass is 478 g/mol. The number of ether oxygens (including phenoxy) is 4. The summed E-state index contributed by atoms with van der Waals surface area (Å²) < 4.78 is 26.9. The van der Waals surface area contributed by atoms with Crippen LogP contribution in [-0.2, 0) is 4.74 Å². The third kappa shape index (κ3) is 3.92. The van der Waals surface area contributed by atoms with Gasteiger partial charge in [0.05, 0.1) is 20.8 Å². The maximum atomic E-state index is 13.0. The zero-order valence-electron chi connectivity index (χ0n) is 18.0. The van der Waals surface area contributed by atoms with Crippen molar-refractivity contribution in [3.8, 4) is 45.8 Å². The highest BCUT2D eigenvalue weighted by Gasteiger charge is 2.39. The van der Waals surface area contributed by atoms with Gasteiger partial charge in [-0.25, -0.2) is 0 Å². The van der Waals surface area contributed by atoms with Crippen LogP contribution in [0.15, 0.2) is 33.5 Å². The molecule has 0 amide bonds. The van der Waals surface area contributed by atoms with Gasteiger partial charge in [0, 0.05) is 17.7 Å². The Morgan fingerprint density at radius 1 is 0.912 bits per heavy atom. The van der Waals surface area contributed by atoms with E-state index in [1.54, 1.807) is 0 Å². The van der Waals surface area contributed by atoms with Crippen LogP contribution in [0.4, 0.5) is 0 Å². The third-order valence-corrected chi connectivity index (χ3v) is 5.32. The summed E-state index contributed by atoms with van der Waals surface area (Å²) in [6, 6.07) is 4.59. The van der Waals surface area contributed by atoms with Crippen LogP contribution in [0.1, 0.15) is 0 Å². The molecular weight excluding hydrogens is 456 g/mol. The van der Waals surface area contributed by atoms with E-state index >= 15 is 0 Å². The number of aliphatic hydroxyl groups is 3. The number of phenols is 3. The Hall–Kier alpha value is -3.71. The summed E-state index contributed by atoms with van der Waals surface area (Å²) in [7, 11) is 2.46. The highest BCUT2D eigenvalue weighted by atomic mass is 16.7. The molecule has 12 nitrogen and oxygen atoms in total. The molecule has 1 aliphatic rings. The first kappa shape index (κ1) is 23.4. The van der Waals surface area contributed by atoms with Crippen molar-refractivity contribution in [2.75, 3.05) is 20.8 Å². The minimum atomic E-state index is -1.63. The number of hydrogen-bond acceptors (Lipinski definition) is 12. The lowest BCUT2D eigenvalue weighted by atomic mass is 10.1. The summed E-state index contributed by atoms with van der Waals surface area (Å²) in [4.78, 5) is 13.0. The van der Waals surface area contributed by atoms with Crippen molar-refractivity contribution in [2.45, 2.75) is 24.6 Å². The first-order chi connectivity index (χ1) is 16.2. The van der Waals surface area contributed by atoms with E-state index in [1.807, 2.05) is 0 Å². The molecule has 1 aliphatic heterocycles. The molecule has 0 bridgehead atoms. The Morgan fingerprint density at radius 2 is 1.62 bits per heavy atom. The Morgan fingerprint density at radius 3 is 2.29 bits per heavy atom. The van der Waals surface area contributed by atoms with E-state index in [9.17, 15) is 35.4 Å². The molecule has 0 spiro atoms. The zero-order chi connectivity index (χ0) is 24.7. The summed E-state index contributed by atoms with van der Waals surface area (Å²) in [5.74, 6) is -2.10. The van der Waals surface area contributed by atoms with E-state index < -0.39 is 41.5 Å². The SMILES string of the molecule is COc1c(O)cc(-c2oc3cc(O)cc(O)c3c(=O)c2OC)cc1OC1OCC(O)C(O)C1O. The Labute approximate surface area is 191 Å². The van der Waals surface area contributed by atoms with Crippen LogP contribution < -0.4 is 19.6 Å². The predicted octanol–water partition coefficient (Wildman–Crippen LogP) is 0.412. The molecule has 0 aliphatic carbocycles. The normalized spacial score (nSPS) is 22.5. The summed E-state index contributed by atoms with van der Waals surface area (Å²) >= 11 is 0. The molecule has 2 heterocycles. The Balaban J connectivity index is 1.86.